The van der Waals surface area contributed by atoms with Gasteiger partial charge in [-0.05, 0) is 48.4 Å². The van der Waals surface area contributed by atoms with E-state index < -0.39 is 5.60 Å². The third-order valence-corrected chi connectivity index (χ3v) is 6.43. The number of aliphatic hydroxyl groups is 1. The molecular weight excluding hydrogens is 366 g/mol. The van der Waals surface area contributed by atoms with Crippen molar-refractivity contribution < 1.29 is 5.11 Å². The number of fused-ring (bicyclic) bond motifs is 11. The number of hydrogen-bond acceptors (Lipinski definition) is 2. The highest BCUT2D eigenvalue weighted by Gasteiger charge is 2.36. The van der Waals surface area contributed by atoms with Crippen molar-refractivity contribution in [1.82, 2.24) is 4.98 Å². The van der Waals surface area contributed by atoms with Crippen LogP contribution in [0.2, 0.25) is 0 Å². The van der Waals surface area contributed by atoms with Gasteiger partial charge in [0.25, 0.3) is 0 Å². The predicted molar refractivity (Wildman–Crippen MR) is 124 cm³/mol. The van der Waals surface area contributed by atoms with E-state index in [1.165, 1.54) is 50.5 Å². The van der Waals surface area contributed by atoms with Gasteiger partial charge in [0, 0.05) is 17.5 Å². The number of nitrogens with zero attached hydrogens (tertiary/aromatic N) is 1. The summed E-state index contributed by atoms with van der Waals surface area (Å²) in [6, 6.07) is 22.4. The third kappa shape index (κ3) is 4.65. The molecule has 1 aliphatic carbocycles. The lowest BCUT2D eigenvalue weighted by Gasteiger charge is -2.32. The molecule has 1 N–H and O–H groups in total. The lowest BCUT2D eigenvalue weighted by atomic mass is 9.78. The van der Waals surface area contributed by atoms with Gasteiger partial charge in [-0.2, -0.15) is 0 Å². The second-order valence-corrected chi connectivity index (χ2v) is 8.61. The van der Waals surface area contributed by atoms with Gasteiger partial charge >= 0.3 is 0 Å². The van der Waals surface area contributed by atoms with Crippen molar-refractivity contribution in [3.63, 3.8) is 0 Å². The van der Waals surface area contributed by atoms with E-state index in [1.807, 2.05) is 66.9 Å². The molecule has 1 aromatic heterocycles. The fraction of sp³-hybridized carbons (Fsp3) is 0.393. The standard InChI is InChI=1S/C28H33NO/c30-28(24-16-10-7-11-17-24,25-18-12-8-13-19-25)26-21-23-15-9-5-3-1-2-4-6-14-20-27(26)29-22-23/h7-8,10-13,16-19,21-22,30H,1-6,9,14-15,20H2. The van der Waals surface area contributed by atoms with Crippen molar-refractivity contribution in [2.24, 2.45) is 0 Å². The van der Waals surface area contributed by atoms with Crippen LogP contribution in [0.5, 0.6) is 0 Å². The van der Waals surface area contributed by atoms with Gasteiger partial charge in [0.2, 0.25) is 0 Å². The summed E-state index contributed by atoms with van der Waals surface area (Å²) in [6.45, 7) is 0. The fourth-order valence-electron chi connectivity index (χ4n) is 4.70. The van der Waals surface area contributed by atoms with Gasteiger partial charge in [0.15, 0.2) is 0 Å². The molecule has 0 fully saturated rings. The zero-order valence-corrected chi connectivity index (χ0v) is 17.9. The van der Waals surface area contributed by atoms with Crippen molar-refractivity contribution in [2.75, 3.05) is 0 Å². The molecule has 2 nitrogen and oxygen atoms in total. The Kier molecular flexibility index (Phi) is 6.96. The largest absolute Gasteiger partial charge is 0.376 e. The van der Waals surface area contributed by atoms with E-state index in [1.54, 1.807) is 0 Å². The first-order chi connectivity index (χ1) is 14.8. The number of benzene rings is 2. The number of hydrogen-bond donors (Lipinski definition) is 1. The van der Waals surface area contributed by atoms with Crippen molar-refractivity contribution in [1.29, 1.82) is 0 Å². The molecule has 0 unspecified atom stereocenters. The van der Waals surface area contributed by atoms with Gasteiger partial charge in [-0.3, -0.25) is 4.98 Å². The summed E-state index contributed by atoms with van der Waals surface area (Å²) in [7, 11) is 0. The first-order valence-corrected chi connectivity index (χ1v) is 11.6. The van der Waals surface area contributed by atoms with Crippen molar-refractivity contribution >= 4 is 0 Å². The van der Waals surface area contributed by atoms with Crippen LogP contribution in [0.1, 0.15) is 79.3 Å². The zero-order chi connectivity index (χ0) is 20.7. The van der Waals surface area contributed by atoms with E-state index in [-0.39, 0.29) is 0 Å². The molecule has 1 aliphatic heterocycles. The monoisotopic (exact) mass is 399 g/mol. The van der Waals surface area contributed by atoms with Gasteiger partial charge in [-0.25, -0.2) is 0 Å². The van der Waals surface area contributed by atoms with E-state index in [0.717, 1.165) is 41.6 Å². The van der Waals surface area contributed by atoms with Gasteiger partial charge in [0.05, 0.1) is 0 Å². The van der Waals surface area contributed by atoms with Crippen molar-refractivity contribution in [2.45, 2.75) is 69.8 Å². The minimum absolute atomic E-state index is 0.900. The average Bonchev–Trinajstić information content (AvgIpc) is 2.81. The Morgan fingerprint density at radius 2 is 1.13 bits per heavy atom. The molecule has 3 aromatic rings. The minimum Gasteiger partial charge on any atom is -0.376 e. The normalized spacial score (nSPS) is 16.2. The van der Waals surface area contributed by atoms with E-state index >= 15 is 0 Å². The van der Waals surface area contributed by atoms with E-state index in [4.69, 9.17) is 4.98 Å². The van der Waals surface area contributed by atoms with Crippen LogP contribution in [-0.2, 0) is 18.4 Å². The Morgan fingerprint density at radius 3 is 1.70 bits per heavy atom. The van der Waals surface area contributed by atoms with Gasteiger partial charge in [0.1, 0.15) is 5.60 Å². The molecule has 0 saturated heterocycles. The predicted octanol–water partition coefficient (Wildman–Crippen LogP) is 6.59. The Labute approximate surface area is 181 Å². The van der Waals surface area contributed by atoms with E-state index in [0.29, 0.717) is 0 Å². The van der Waals surface area contributed by atoms with Crippen LogP contribution < -0.4 is 0 Å². The first-order valence-electron chi connectivity index (χ1n) is 11.6. The van der Waals surface area contributed by atoms with E-state index in [2.05, 4.69) is 6.07 Å². The van der Waals surface area contributed by atoms with Crippen LogP contribution in [-0.4, -0.2) is 10.1 Å². The zero-order valence-electron chi connectivity index (χ0n) is 17.9. The molecule has 0 atom stereocenters. The number of aromatic nitrogens is 1. The highest BCUT2D eigenvalue weighted by Crippen LogP contribution is 2.39. The molecule has 0 spiro atoms. The van der Waals surface area contributed by atoms with Crippen molar-refractivity contribution in [3.05, 3.63) is 101 Å². The lowest BCUT2D eigenvalue weighted by molar-refractivity contribution is 0.124. The second-order valence-electron chi connectivity index (χ2n) is 8.61. The Balaban J connectivity index is 1.83. The molecule has 0 saturated carbocycles. The van der Waals surface area contributed by atoms with Crippen LogP contribution in [0.15, 0.2) is 72.9 Å². The summed E-state index contributed by atoms with van der Waals surface area (Å²) in [5.41, 5.74) is 3.82. The molecule has 5 rings (SSSR count). The molecule has 2 heterocycles. The fourth-order valence-corrected chi connectivity index (χ4v) is 4.70. The SMILES string of the molecule is OC(c1ccccc1)(c1ccccc1)c1cc2cnc1CCCCCCCCCC2. The maximum Gasteiger partial charge on any atom is 0.142 e. The van der Waals surface area contributed by atoms with Crippen LogP contribution in [0.3, 0.4) is 0 Å². The Hall–Kier alpha value is -2.45. The lowest BCUT2D eigenvalue weighted by Crippen LogP contribution is -2.31. The maximum atomic E-state index is 12.3. The summed E-state index contributed by atoms with van der Waals surface area (Å²) in [5, 5.41) is 12.3. The first kappa shape index (κ1) is 20.8. The molecule has 2 aromatic carbocycles. The molecule has 2 bridgehead atoms. The highest BCUT2D eigenvalue weighted by molar-refractivity contribution is 5.49. The number of pyridine rings is 1. The topological polar surface area (TPSA) is 33.1 Å². The second kappa shape index (κ2) is 10.0. The smallest absolute Gasteiger partial charge is 0.142 e. The van der Waals surface area contributed by atoms with Gasteiger partial charge in [-0.15, -0.1) is 0 Å². The molecule has 2 heteroatoms. The van der Waals surface area contributed by atoms with Crippen LogP contribution in [0.4, 0.5) is 0 Å². The van der Waals surface area contributed by atoms with Gasteiger partial charge in [-0.1, -0.05) is 99.2 Å². The van der Waals surface area contributed by atoms with E-state index in [9.17, 15) is 5.11 Å². The number of rotatable bonds is 3. The number of aryl methyl sites for hydroxylation is 2. The van der Waals surface area contributed by atoms with Crippen LogP contribution in [0, 0.1) is 0 Å². The van der Waals surface area contributed by atoms with Crippen LogP contribution >= 0.6 is 0 Å². The van der Waals surface area contributed by atoms with Gasteiger partial charge < -0.3 is 5.11 Å². The molecule has 0 amide bonds. The molecule has 0 radical (unpaired) electrons. The van der Waals surface area contributed by atoms with Crippen LogP contribution in [0.25, 0.3) is 0 Å². The summed E-state index contributed by atoms with van der Waals surface area (Å²) in [6.07, 6.45) is 14.1. The molecular formula is C28H33NO. The van der Waals surface area contributed by atoms with Crippen molar-refractivity contribution in [3.8, 4) is 0 Å². The Morgan fingerprint density at radius 1 is 0.633 bits per heavy atom. The summed E-state index contributed by atoms with van der Waals surface area (Å²) >= 11 is 0. The average molecular weight is 400 g/mol. The quantitative estimate of drug-likeness (QED) is 0.539. The Bertz CT molecular complexity index is 880. The minimum atomic E-state index is -1.20. The summed E-state index contributed by atoms with van der Waals surface area (Å²) < 4.78 is 0. The third-order valence-electron chi connectivity index (χ3n) is 6.43. The summed E-state index contributed by atoms with van der Waals surface area (Å²) in [4.78, 5) is 4.90. The molecule has 156 valence electrons. The molecule has 30 heavy (non-hydrogen) atoms. The summed E-state index contributed by atoms with van der Waals surface area (Å²) in [5.74, 6) is 0. The maximum absolute atomic E-state index is 12.3. The molecule has 2 aliphatic rings. The highest BCUT2D eigenvalue weighted by atomic mass is 16.3.